The fraction of sp³-hybridized carbons (Fsp3) is 0.250. The molecule has 0 unspecified atom stereocenters. The van der Waals surface area contributed by atoms with E-state index in [-0.39, 0.29) is 18.2 Å². The van der Waals surface area contributed by atoms with Gasteiger partial charge in [0.15, 0.2) is 5.78 Å². The maximum absolute atomic E-state index is 11.1. The number of carbonyl (C=O) groups excluding carboxylic acids is 2. The van der Waals surface area contributed by atoms with Crippen molar-refractivity contribution in [3.8, 4) is 0 Å². The average Bonchev–Trinajstić information content (AvgIpc) is 2.35. The SMILES string of the molecule is O=C1CC=CC2=C1C[N]C2=O. The van der Waals surface area contributed by atoms with Gasteiger partial charge in [-0.25, -0.2) is 5.32 Å². The van der Waals surface area contributed by atoms with Gasteiger partial charge in [0.2, 0.25) is 0 Å². The van der Waals surface area contributed by atoms with E-state index in [9.17, 15) is 9.59 Å². The summed E-state index contributed by atoms with van der Waals surface area (Å²) in [5.74, 6) is -0.207. The standard InChI is InChI=1S/C8H6NO2/c10-7-3-1-2-5-6(7)4-9-8(5)11/h1-2H,3-4H2. The number of hydrogen-bond donors (Lipinski definition) is 0. The van der Waals surface area contributed by atoms with Crippen molar-refractivity contribution in [1.29, 1.82) is 0 Å². The van der Waals surface area contributed by atoms with E-state index in [4.69, 9.17) is 0 Å². The van der Waals surface area contributed by atoms with Crippen LogP contribution in [0.5, 0.6) is 0 Å². The van der Waals surface area contributed by atoms with E-state index in [1.165, 1.54) is 0 Å². The molecular formula is C8H6NO2. The van der Waals surface area contributed by atoms with Crippen LogP contribution in [-0.2, 0) is 9.59 Å². The Hall–Kier alpha value is -1.38. The van der Waals surface area contributed by atoms with Crippen molar-refractivity contribution in [3.05, 3.63) is 23.3 Å². The van der Waals surface area contributed by atoms with E-state index in [0.29, 0.717) is 17.6 Å². The number of hydrogen-bond acceptors (Lipinski definition) is 2. The van der Waals surface area contributed by atoms with Gasteiger partial charge in [0, 0.05) is 17.6 Å². The van der Waals surface area contributed by atoms with Gasteiger partial charge in [-0.1, -0.05) is 12.2 Å². The zero-order valence-corrected chi connectivity index (χ0v) is 5.83. The van der Waals surface area contributed by atoms with Gasteiger partial charge in [-0.3, -0.25) is 9.59 Å². The van der Waals surface area contributed by atoms with E-state index < -0.39 is 0 Å². The van der Waals surface area contributed by atoms with Gasteiger partial charge in [0.1, 0.15) is 0 Å². The predicted molar refractivity (Wildman–Crippen MR) is 37.8 cm³/mol. The minimum absolute atomic E-state index is 0.0390. The lowest BCUT2D eigenvalue weighted by molar-refractivity contribution is -0.117. The number of nitrogens with zero attached hydrogens (tertiary/aromatic N) is 1. The molecule has 1 aliphatic heterocycles. The molecular weight excluding hydrogens is 142 g/mol. The Bertz CT molecular complexity index is 299. The highest BCUT2D eigenvalue weighted by Crippen LogP contribution is 2.20. The van der Waals surface area contributed by atoms with Crippen molar-refractivity contribution in [2.75, 3.05) is 6.54 Å². The first kappa shape index (κ1) is 6.34. The molecule has 0 aromatic rings. The molecule has 2 rings (SSSR count). The van der Waals surface area contributed by atoms with Crippen LogP contribution < -0.4 is 5.32 Å². The molecule has 1 radical (unpaired) electrons. The molecule has 0 spiro atoms. The third kappa shape index (κ3) is 0.808. The molecule has 0 aromatic heterocycles. The van der Waals surface area contributed by atoms with Crippen molar-refractivity contribution < 1.29 is 9.59 Å². The first-order valence-corrected chi connectivity index (χ1v) is 3.44. The molecule has 1 aliphatic carbocycles. The zero-order valence-electron chi connectivity index (χ0n) is 5.83. The largest absolute Gasteiger partial charge is 0.294 e. The molecule has 11 heavy (non-hydrogen) atoms. The molecule has 1 amide bonds. The van der Waals surface area contributed by atoms with Gasteiger partial charge in [0.05, 0.1) is 6.54 Å². The van der Waals surface area contributed by atoms with Crippen LogP contribution in [-0.4, -0.2) is 18.2 Å². The Balaban J connectivity index is 2.48. The van der Waals surface area contributed by atoms with Gasteiger partial charge < -0.3 is 0 Å². The quantitative estimate of drug-likeness (QED) is 0.483. The third-order valence-electron chi connectivity index (χ3n) is 1.86. The van der Waals surface area contributed by atoms with Gasteiger partial charge >= 0.3 is 0 Å². The maximum Gasteiger partial charge on any atom is 0.273 e. The van der Waals surface area contributed by atoms with E-state index >= 15 is 0 Å². The van der Waals surface area contributed by atoms with Crippen LogP contribution in [0.25, 0.3) is 0 Å². The van der Waals surface area contributed by atoms with Gasteiger partial charge in [0.25, 0.3) is 5.91 Å². The second-order valence-electron chi connectivity index (χ2n) is 2.54. The third-order valence-corrected chi connectivity index (χ3v) is 1.86. The summed E-state index contributed by atoms with van der Waals surface area (Å²) in [5, 5.41) is 3.65. The van der Waals surface area contributed by atoms with Crippen LogP contribution in [0, 0.1) is 0 Å². The smallest absolute Gasteiger partial charge is 0.273 e. The Morgan fingerprint density at radius 1 is 1.36 bits per heavy atom. The molecule has 0 saturated heterocycles. The number of Topliss-reactive ketones (excluding diaryl/α,β-unsaturated/α-hetero) is 1. The molecule has 3 nitrogen and oxygen atoms in total. The lowest BCUT2D eigenvalue weighted by atomic mass is 9.99. The summed E-state index contributed by atoms with van der Waals surface area (Å²) >= 11 is 0. The van der Waals surface area contributed by atoms with Crippen LogP contribution in [0.4, 0.5) is 0 Å². The molecule has 0 aromatic carbocycles. The molecule has 2 aliphatic rings. The van der Waals surface area contributed by atoms with E-state index in [1.807, 2.05) is 0 Å². The second kappa shape index (κ2) is 2.05. The first-order chi connectivity index (χ1) is 5.29. The van der Waals surface area contributed by atoms with Gasteiger partial charge in [-0.2, -0.15) is 0 Å². The zero-order chi connectivity index (χ0) is 7.84. The van der Waals surface area contributed by atoms with Crippen LogP contribution in [0.1, 0.15) is 6.42 Å². The molecule has 0 atom stereocenters. The highest BCUT2D eigenvalue weighted by atomic mass is 16.2. The van der Waals surface area contributed by atoms with Crippen molar-refractivity contribution in [1.82, 2.24) is 5.32 Å². The van der Waals surface area contributed by atoms with Gasteiger partial charge in [-0.05, 0) is 0 Å². The molecule has 0 bridgehead atoms. The summed E-state index contributed by atoms with van der Waals surface area (Å²) in [5.41, 5.74) is 1.10. The number of ketones is 1. The summed E-state index contributed by atoms with van der Waals surface area (Å²) in [4.78, 5) is 22.0. The van der Waals surface area contributed by atoms with E-state index in [0.717, 1.165) is 0 Å². The van der Waals surface area contributed by atoms with Crippen molar-refractivity contribution in [2.24, 2.45) is 0 Å². The number of allylic oxidation sites excluding steroid dienone is 1. The molecule has 0 N–H and O–H groups in total. The molecule has 55 valence electrons. The minimum atomic E-state index is -0.246. The Kier molecular flexibility index (Phi) is 1.18. The lowest BCUT2D eigenvalue weighted by Gasteiger charge is -2.02. The Morgan fingerprint density at radius 2 is 2.18 bits per heavy atom. The highest BCUT2D eigenvalue weighted by molar-refractivity contribution is 6.12. The minimum Gasteiger partial charge on any atom is -0.294 e. The topological polar surface area (TPSA) is 48.2 Å². The fourth-order valence-electron chi connectivity index (χ4n) is 1.27. The first-order valence-electron chi connectivity index (χ1n) is 3.44. The maximum atomic E-state index is 11.1. The van der Waals surface area contributed by atoms with Crippen LogP contribution in [0.3, 0.4) is 0 Å². The van der Waals surface area contributed by atoms with Crippen LogP contribution >= 0.6 is 0 Å². The Labute approximate surface area is 63.8 Å². The normalized spacial score (nSPS) is 22.2. The summed E-state index contributed by atoms with van der Waals surface area (Å²) < 4.78 is 0. The predicted octanol–water partition coefficient (Wildman–Crippen LogP) is -0.0434. The number of carbonyl (C=O) groups is 2. The fourth-order valence-corrected chi connectivity index (χ4v) is 1.27. The molecule has 1 heterocycles. The van der Waals surface area contributed by atoms with Crippen molar-refractivity contribution >= 4 is 11.7 Å². The highest BCUT2D eigenvalue weighted by Gasteiger charge is 2.28. The van der Waals surface area contributed by atoms with E-state index in [1.54, 1.807) is 12.2 Å². The second-order valence-corrected chi connectivity index (χ2v) is 2.54. The summed E-state index contributed by atoms with van der Waals surface area (Å²) in [6.45, 7) is 0.289. The summed E-state index contributed by atoms with van der Waals surface area (Å²) in [7, 11) is 0. The van der Waals surface area contributed by atoms with Crippen molar-refractivity contribution in [2.45, 2.75) is 6.42 Å². The number of rotatable bonds is 0. The van der Waals surface area contributed by atoms with Crippen LogP contribution in [0.15, 0.2) is 23.3 Å². The number of amides is 1. The monoisotopic (exact) mass is 148 g/mol. The molecule has 0 saturated carbocycles. The van der Waals surface area contributed by atoms with Crippen LogP contribution in [0.2, 0.25) is 0 Å². The van der Waals surface area contributed by atoms with E-state index in [2.05, 4.69) is 5.32 Å². The van der Waals surface area contributed by atoms with Gasteiger partial charge in [-0.15, -0.1) is 0 Å². The molecule has 3 heteroatoms. The summed E-state index contributed by atoms with van der Waals surface area (Å²) in [6.07, 6.45) is 3.82. The summed E-state index contributed by atoms with van der Waals surface area (Å²) in [6, 6.07) is 0. The Morgan fingerprint density at radius 3 is 2.91 bits per heavy atom. The average molecular weight is 148 g/mol. The van der Waals surface area contributed by atoms with Crippen molar-refractivity contribution in [3.63, 3.8) is 0 Å². The lowest BCUT2D eigenvalue weighted by Crippen LogP contribution is -2.08. The molecule has 0 fully saturated rings.